The molecule has 1 rings (SSSR count). The van der Waals surface area contributed by atoms with Crippen molar-refractivity contribution in [1.29, 1.82) is 0 Å². The first-order chi connectivity index (χ1) is 8.41. The van der Waals surface area contributed by atoms with E-state index in [2.05, 4.69) is 21.2 Å². The normalized spacial score (nSPS) is 13.7. The van der Waals surface area contributed by atoms with Crippen molar-refractivity contribution < 1.29 is 14.7 Å². The Kier molecular flexibility index (Phi) is 5.30. The van der Waals surface area contributed by atoms with Crippen LogP contribution < -0.4 is 11.1 Å². The fraction of sp³-hybridized carbons (Fsp3) is 0.333. The Morgan fingerprint density at radius 3 is 2.61 bits per heavy atom. The van der Waals surface area contributed by atoms with Crippen molar-refractivity contribution in [3.05, 3.63) is 34.3 Å². The quantitative estimate of drug-likeness (QED) is 0.766. The summed E-state index contributed by atoms with van der Waals surface area (Å²) in [6.07, 6.45) is -0.380. The molecule has 1 unspecified atom stereocenters. The number of nitrogens with one attached hydrogen (secondary N) is 1. The molecule has 0 spiro atoms. The van der Waals surface area contributed by atoms with Gasteiger partial charge < -0.3 is 16.2 Å². The maximum absolute atomic E-state index is 11.7. The van der Waals surface area contributed by atoms with Gasteiger partial charge in [-0.15, -0.1) is 0 Å². The van der Waals surface area contributed by atoms with E-state index in [1.807, 2.05) is 31.2 Å². The minimum absolute atomic E-state index is 0.243. The Morgan fingerprint density at radius 2 is 2.06 bits per heavy atom. The molecule has 0 radical (unpaired) electrons. The maximum Gasteiger partial charge on any atom is 0.305 e. The molecule has 6 heteroatoms. The van der Waals surface area contributed by atoms with Gasteiger partial charge in [0.1, 0.15) is 0 Å². The largest absolute Gasteiger partial charge is 0.481 e. The van der Waals surface area contributed by atoms with E-state index in [0.717, 1.165) is 10.0 Å². The van der Waals surface area contributed by atoms with E-state index in [1.165, 1.54) is 0 Å². The van der Waals surface area contributed by atoms with Gasteiger partial charge in [-0.1, -0.05) is 34.1 Å². The van der Waals surface area contributed by atoms with E-state index in [1.54, 1.807) is 0 Å². The average Bonchev–Trinajstić information content (AvgIpc) is 2.28. The molecule has 0 bridgehead atoms. The molecule has 0 heterocycles. The first kappa shape index (κ1) is 14.7. The number of carbonyl (C=O) groups is 2. The predicted molar refractivity (Wildman–Crippen MR) is 70.9 cm³/mol. The van der Waals surface area contributed by atoms with Crippen LogP contribution in [0.15, 0.2) is 28.7 Å². The molecule has 0 saturated carbocycles. The second-order valence-electron chi connectivity index (χ2n) is 3.96. The van der Waals surface area contributed by atoms with Crippen LogP contribution in [0.5, 0.6) is 0 Å². The van der Waals surface area contributed by atoms with E-state index < -0.39 is 17.9 Å². The molecule has 0 saturated heterocycles. The van der Waals surface area contributed by atoms with Gasteiger partial charge in [0.05, 0.1) is 18.5 Å². The molecule has 1 aromatic carbocycles. The lowest BCUT2D eigenvalue weighted by molar-refractivity contribution is -0.139. The molecule has 4 N–H and O–H groups in total. The predicted octanol–water partition coefficient (Wildman–Crippen LogP) is 1.43. The molecule has 0 aliphatic carbocycles. The Morgan fingerprint density at radius 1 is 1.44 bits per heavy atom. The molecule has 5 nitrogen and oxygen atoms in total. The Labute approximate surface area is 113 Å². The molecule has 1 amide bonds. The highest BCUT2D eigenvalue weighted by Gasteiger charge is 2.19. The minimum Gasteiger partial charge on any atom is -0.481 e. The van der Waals surface area contributed by atoms with Gasteiger partial charge in [-0.3, -0.25) is 9.59 Å². The zero-order valence-corrected chi connectivity index (χ0v) is 11.5. The molecule has 0 aliphatic heterocycles. The van der Waals surface area contributed by atoms with Gasteiger partial charge in [0.2, 0.25) is 5.91 Å². The number of rotatable bonds is 5. The van der Waals surface area contributed by atoms with Gasteiger partial charge >= 0.3 is 5.97 Å². The highest BCUT2D eigenvalue weighted by molar-refractivity contribution is 9.10. The zero-order chi connectivity index (χ0) is 13.7. The Balaban J connectivity index is 2.65. The number of amides is 1. The molecular formula is C12H15BrN2O3. The van der Waals surface area contributed by atoms with Gasteiger partial charge in [0.15, 0.2) is 0 Å². The standard InChI is InChI=1S/C12H15BrN2O3/c1-7(8-4-2-3-5-9(8)13)15-12(18)10(14)6-11(16)17/h2-5,7,10H,6,14H2,1H3,(H,15,18)(H,16,17)/t7-,10?/m0/s1. The van der Waals surface area contributed by atoms with Crippen LogP contribution >= 0.6 is 15.9 Å². The first-order valence-corrected chi connectivity index (χ1v) is 6.23. The summed E-state index contributed by atoms with van der Waals surface area (Å²) in [5.41, 5.74) is 6.39. The third kappa shape index (κ3) is 4.12. The number of aliphatic carboxylic acids is 1. The number of hydrogen-bond donors (Lipinski definition) is 3. The van der Waals surface area contributed by atoms with Crippen LogP contribution in [0.4, 0.5) is 0 Å². The summed E-state index contributed by atoms with van der Waals surface area (Å²) in [6, 6.07) is 6.20. The number of carboxylic acids is 1. The number of hydrogen-bond acceptors (Lipinski definition) is 3. The van der Waals surface area contributed by atoms with Crippen molar-refractivity contribution in [2.24, 2.45) is 5.73 Å². The fourth-order valence-corrected chi connectivity index (χ4v) is 2.13. The molecular weight excluding hydrogens is 300 g/mol. The van der Waals surface area contributed by atoms with E-state index in [0.29, 0.717) is 0 Å². The summed E-state index contributed by atoms with van der Waals surface area (Å²) in [7, 11) is 0. The topological polar surface area (TPSA) is 92.4 Å². The van der Waals surface area contributed by atoms with Gasteiger partial charge in [-0.2, -0.15) is 0 Å². The van der Waals surface area contributed by atoms with E-state index in [4.69, 9.17) is 10.8 Å². The molecule has 98 valence electrons. The van der Waals surface area contributed by atoms with Crippen molar-refractivity contribution in [3.8, 4) is 0 Å². The van der Waals surface area contributed by atoms with Gasteiger partial charge in [0.25, 0.3) is 0 Å². The van der Waals surface area contributed by atoms with E-state index in [-0.39, 0.29) is 12.5 Å². The summed E-state index contributed by atoms with van der Waals surface area (Å²) in [5.74, 6) is -1.56. The summed E-state index contributed by atoms with van der Waals surface area (Å²) in [6.45, 7) is 1.81. The van der Waals surface area contributed by atoms with Crippen LogP contribution in [0.25, 0.3) is 0 Å². The Hall–Kier alpha value is -1.40. The number of carbonyl (C=O) groups excluding carboxylic acids is 1. The molecule has 1 aromatic rings. The monoisotopic (exact) mass is 314 g/mol. The number of benzene rings is 1. The second-order valence-corrected chi connectivity index (χ2v) is 4.81. The highest BCUT2D eigenvalue weighted by atomic mass is 79.9. The highest BCUT2D eigenvalue weighted by Crippen LogP contribution is 2.22. The van der Waals surface area contributed by atoms with Gasteiger partial charge in [-0.05, 0) is 18.6 Å². The van der Waals surface area contributed by atoms with Gasteiger partial charge in [0, 0.05) is 4.47 Å². The Bertz CT molecular complexity index is 451. The van der Waals surface area contributed by atoms with Crippen molar-refractivity contribution in [3.63, 3.8) is 0 Å². The van der Waals surface area contributed by atoms with Crippen molar-refractivity contribution in [1.82, 2.24) is 5.32 Å². The molecule has 0 fully saturated rings. The number of halogens is 1. The lowest BCUT2D eigenvalue weighted by Crippen LogP contribution is -2.42. The lowest BCUT2D eigenvalue weighted by atomic mass is 10.1. The van der Waals surface area contributed by atoms with Crippen molar-refractivity contribution >= 4 is 27.8 Å². The van der Waals surface area contributed by atoms with Crippen LogP contribution in [-0.4, -0.2) is 23.0 Å². The number of nitrogens with two attached hydrogens (primary N) is 1. The molecule has 18 heavy (non-hydrogen) atoms. The fourth-order valence-electron chi connectivity index (χ4n) is 1.51. The van der Waals surface area contributed by atoms with Crippen molar-refractivity contribution in [2.45, 2.75) is 25.4 Å². The van der Waals surface area contributed by atoms with Crippen molar-refractivity contribution in [2.75, 3.05) is 0 Å². The summed E-state index contributed by atoms with van der Waals surface area (Å²) in [5, 5.41) is 11.2. The summed E-state index contributed by atoms with van der Waals surface area (Å²) in [4.78, 5) is 22.1. The van der Waals surface area contributed by atoms with E-state index >= 15 is 0 Å². The SMILES string of the molecule is C[C@H](NC(=O)C(N)CC(=O)O)c1ccccc1Br. The van der Waals surface area contributed by atoms with E-state index in [9.17, 15) is 9.59 Å². The van der Waals surface area contributed by atoms with Crippen LogP contribution in [-0.2, 0) is 9.59 Å². The number of carboxylic acid groups (broad SMARTS) is 1. The molecule has 2 atom stereocenters. The smallest absolute Gasteiger partial charge is 0.305 e. The third-order valence-electron chi connectivity index (χ3n) is 2.46. The minimum atomic E-state index is -1.09. The third-order valence-corrected chi connectivity index (χ3v) is 3.18. The van der Waals surface area contributed by atoms with Crippen LogP contribution in [0.2, 0.25) is 0 Å². The summed E-state index contributed by atoms with van der Waals surface area (Å²) >= 11 is 3.39. The molecule has 0 aliphatic rings. The second kappa shape index (κ2) is 6.51. The van der Waals surface area contributed by atoms with Gasteiger partial charge in [-0.25, -0.2) is 0 Å². The molecule has 0 aromatic heterocycles. The van der Waals surface area contributed by atoms with Crippen LogP contribution in [0, 0.1) is 0 Å². The van der Waals surface area contributed by atoms with Crippen LogP contribution in [0.3, 0.4) is 0 Å². The maximum atomic E-state index is 11.7. The summed E-state index contributed by atoms with van der Waals surface area (Å²) < 4.78 is 0.879. The average molecular weight is 315 g/mol. The zero-order valence-electron chi connectivity index (χ0n) is 9.89. The first-order valence-electron chi connectivity index (χ1n) is 5.44. The lowest BCUT2D eigenvalue weighted by Gasteiger charge is -2.18. The van der Waals surface area contributed by atoms with Crippen LogP contribution in [0.1, 0.15) is 24.9 Å².